The number of dihydropyridines is 2. The van der Waals surface area contributed by atoms with Crippen molar-refractivity contribution in [1.29, 1.82) is 0 Å². The lowest BCUT2D eigenvalue weighted by molar-refractivity contribution is 0.719. The van der Waals surface area contributed by atoms with Gasteiger partial charge in [-0.3, -0.25) is 0 Å². The van der Waals surface area contributed by atoms with Gasteiger partial charge in [-0.1, -0.05) is 133 Å². The summed E-state index contributed by atoms with van der Waals surface area (Å²) < 4.78 is 0. The molecule has 8 aromatic rings. The third-order valence-electron chi connectivity index (χ3n) is 12.0. The van der Waals surface area contributed by atoms with Crippen molar-refractivity contribution in [3.05, 3.63) is 194 Å². The molecule has 12 rings (SSSR count). The molecule has 262 valence electrons. The first-order valence-corrected chi connectivity index (χ1v) is 19.5. The van der Waals surface area contributed by atoms with E-state index in [0.717, 1.165) is 34.8 Å². The van der Waals surface area contributed by atoms with Crippen LogP contribution in [0.3, 0.4) is 0 Å². The predicted octanol–water partition coefficient (Wildman–Crippen LogP) is 12.9. The van der Waals surface area contributed by atoms with E-state index < -0.39 is 0 Å². The molecule has 2 N–H and O–H groups in total. The molecule has 0 saturated heterocycles. The van der Waals surface area contributed by atoms with Crippen LogP contribution < -0.4 is 10.6 Å². The predicted molar refractivity (Wildman–Crippen MR) is 234 cm³/mol. The van der Waals surface area contributed by atoms with Gasteiger partial charge in [-0.25, -0.2) is 4.98 Å². The molecule has 0 bridgehead atoms. The molecule has 0 spiro atoms. The van der Waals surface area contributed by atoms with Crippen molar-refractivity contribution in [3.63, 3.8) is 0 Å². The van der Waals surface area contributed by atoms with E-state index >= 15 is 0 Å². The molecule has 2 aliphatic heterocycles. The minimum atomic E-state index is -0.0302. The van der Waals surface area contributed by atoms with Gasteiger partial charge in [0.2, 0.25) is 0 Å². The van der Waals surface area contributed by atoms with Gasteiger partial charge in [0.15, 0.2) is 0 Å². The van der Waals surface area contributed by atoms with Gasteiger partial charge in [0.25, 0.3) is 0 Å². The summed E-state index contributed by atoms with van der Waals surface area (Å²) in [6.07, 6.45) is 14.7. The molecule has 0 fully saturated rings. The van der Waals surface area contributed by atoms with E-state index in [2.05, 4.69) is 181 Å². The van der Waals surface area contributed by atoms with Gasteiger partial charge >= 0.3 is 0 Å². The maximum Gasteiger partial charge on any atom is 0.0871 e. The smallest absolute Gasteiger partial charge is 0.0871 e. The Morgan fingerprint density at radius 3 is 1.55 bits per heavy atom. The van der Waals surface area contributed by atoms with Gasteiger partial charge in [-0.15, -0.1) is 0 Å². The van der Waals surface area contributed by atoms with E-state index in [0.29, 0.717) is 0 Å². The van der Waals surface area contributed by atoms with E-state index in [4.69, 9.17) is 4.98 Å². The molecule has 1 aromatic heterocycles. The zero-order chi connectivity index (χ0) is 36.7. The number of nitrogens with zero attached hydrogens (tertiary/aromatic N) is 1. The molecular formula is C53H35N3. The second kappa shape index (κ2) is 12.1. The van der Waals surface area contributed by atoms with Crippen molar-refractivity contribution in [2.24, 2.45) is 0 Å². The minimum absolute atomic E-state index is 0.0302. The molecule has 7 aromatic carbocycles. The van der Waals surface area contributed by atoms with Crippen LogP contribution in [0.25, 0.3) is 105 Å². The van der Waals surface area contributed by atoms with Crippen LogP contribution in [-0.4, -0.2) is 11.5 Å². The normalized spacial score (nSPS) is 15.4. The van der Waals surface area contributed by atoms with Crippen molar-refractivity contribution in [2.75, 3.05) is 6.54 Å². The number of pyridine rings is 1. The summed E-state index contributed by atoms with van der Waals surface area (Å²) in [6.45, 7) is 0.779. The molecule has 1 atom stereocenters. The maximum atomic E-state index is 5.23. The third kappa shape index (κ3) is 4.67. The summed E-state index contributed by atoms with van der Waals surface area (Å²) in [7, 11) is 0. The Labute approximate surface area is 325 Å². The fraction of sp³-hybridized carbons (Fsp3) is 0.0377. The second-order valence-corrected chi connectivity index (χ2v) is 15.1. The lowest BCUT2D eigenvalue weighted by Crippen LogP contribution is -2.19. The standard InChI is InChI=1S/C53H35N3/c1-3-13-40-38(11-1)44-17-9-15-42-36(21-23-46(40)52(42)44)34-27-32(33-30-50(48-19-5-7-25-54-48)56-51(31-33)49-20-6-8-26-55-49)28-35(29-34)37-22-24-47-41-14-4-2-12-39(41)45-18-10-16-43(37)53(45)47/h1-25,27-31,48,54-55H,26H2. The highest BCUT2D eigenvalue weighted by Crippen LogP contribution is 2.52. The van der Waals surface area contributed by atoms with Crippen LogP contribution in [-0.2, 0) is 0 Å². The molecule has 0 saturated carbocycles. The molecule has 4 aliphatic rings. The van der Waals surface area contributed by atoms with Gasteiger partial charge in [-0.2, -0.15) is 0 Å². The Kier molecular flexibility index (Phi) is 6.75. The van der Waals surface area contributed by atoms with Gasteiger partial charge in [-0.05, 0) is 148 Å². The maximum absolute atomic E-state index is 5.23. The number of hydrogen-bond acceptors (Lipinski definition) is 3. The Bertz CT molecular complexity index is 2910. The number of nitrogens with one attached hydrogen (secondary N) is 2. The van der Waals surface area contributed by atoms with Crippen LogP contribution in [0.2, 0.25) is 0 Å². The molecule has 3 nitrogen and oxygen atoms in total. The summed E-state index contributed by atoms with van der Waals surface area (Å²) in [5, 5.41) is 12.3. The fourth-order valence-electron chi connectivity index (χ4n) is 9.51. The minimum Gasteiger partial charge on any atom is -0.380 e. The van der Waals surface area contributed by atoms with Crippen LogP contribution in [0.4, 0.5) is 0 Å². The first-order valence-electron chi connectivity index (χ1n) is 19.5. The average molecular weight is 714 g/mol. The van der Waals surface area contributed by atoms with E-state index in [1.165, 1.54) is 88.3 Å². The zero-order valence-electron chi connectivity index (χ0n) is 30.6. The largest absolute Gasteiger partial charge is 0.380 e. The zero-order valence-corrected chi connectivity index (χ0v) is 30.6. The highest BCUT2D eigenvalue weighted by atomic mass is 15.0. The third-order valence-corrected chi connectivity index (χ3v) is 12.0. The van der Waals surface area contributed by atoms with Crippen molar-refractivity contribution in [3.8, 4) is 77.9 Å². The Balaban J connectivity index is 1.12. The fourth-order valence-corrected chi connectivity index (χ4v) is 9.51. The number of fused-ring (bicyclic) bond motifs is 6. The summed E-state index contributed by atoms with van der Waals surface area (Å²) in [6, 6.07) is 52.3. The lowest BCUT2D eigenvalue weighted by Gasteiger charge is -2.20. The van der Waals surface area contributed by atoms with Gasteiger partial charge in [0, 0.05) is 6.54 Å². The van der Waals surface area contributed by atoms with Crippen LogP contribution in [0.1, 0.15) is 17.4 Å². The number of hydrogen-bond donors (Lipinski definition) is 2. The first-order chi connectivity index (χ1) is 27.8. The molecule has 0 radical (unpaired) electrons. The highest BCUT2D eigenvalue weighted by molar-refractivity contribution is 6.20. The molecular weight excluding hydrogens is 679 g/mol. The van der Waals surface area contributed by atoms with Crippen molar-refractivity contribution < 1.29 is 0 Å². The quantitative estimate of drug-likeness (QED) is 0.186. The second-order valence-electron chi connectivity index (χ2n) is 15.1. The topological polar surface area (TPSA) is 37.0 Å². The lowest BCUT2D eigenvalue weighted by atomic mass is 9.88. The Hall–Kier alpha value is -7.23. The number of rotatable bonds is 5. The number of aromatic nitrogens is 1. The SMILES string of the molecule is C1=CCNC(c2cc(-c3cc(-c4ccc5c6c(cccc46)-c4ccccc4-5)cc(-c4ccc5c6c(cccc46)-c4ccccc4-5)c3)cc(C3C=CC=CN3)n2)=C1. The van der Waals surface area contributed by atoms with Gasteiger partial charge < -0.3 is 10.6 Å². The molecule has 0 amide bonds. The molecule has 56 heavy (non-hydrogen) atoms. The first kappa shape index (κ1) is 31.2. The van der Waals surface area contributed by atoms with E-state index in [1.807, 2.05) is 12.3 Å². The van der Waals surface area contributed by atoms with Crippen molar-refractivity contribution >= 4 is 27.2 Å². The van der Waals surface area contributed by atoms with Gasteiger partial charge in [0.05, 0.1) is 23.1 Å². The van der Waals surface area contributed by atoms with Crippen LogP contribution in [0.5, 0.6) is 0 Å². The van der Waals surface area contributed by atoms with E-state index in [-0.39, 0.29) is 6.04 Å². The van der Waals surface area contributed by atoms with Crippen LogP contribution >= 0.6 is 0 Å². The van der Waals surface area contributed by atoms with E-state index in [1.54, 1.807) is 0 Å². The van der Waals surface area contributed by atoms with Crippen LogP contribution in [0, 0.1) is 0 Å². The Morgan fingerprint density at radius 1 is 0.464 bits per heavy atom. The van der Waals surface area contributed by atoms with Gasteiger partial charge in [0.1, 0.15) is 0 Å². The molecule has 1 unspecified atom stereocenters. The van der Waals surface area contributed by atoms with Crippen LogP contribution in [0.15, 0.2) is 182 Å². The monoisotopic (exact) mass is 713 g/mol. The summed E-state index contributed by atoms with van der Waals surface area (Å²) in [4.78, 5) is 5.23. The molecule has 2 aliphatic carbocycles. The number of allylic oxidation sites excluding steroid dienone is 4. The summed E-state index contributed by atoms with van der Waals surface area (Å²) >= 11 is 0. The summed E-state index contributed by atoms with van der Waals surface area (Å²) in [5.74, 6) is 0. The van der Waals surface area contributed by atoms with E-state index in [9.17, 15) is 0 Å². The van der Waals surface area contributed by atoms with Crippen molar-refractivity contribution in [2.45, 2.75) is 6.04 Å². The number of benzene rings is 7. The highest BCUT2D eigenvalue weighted by Gasteiger charge is 2.25. The van der Waals surface area contributed by atoms with Crippen molar-refractivity contribution in [1.82, 2.24) is 15.6 Å². The molecule has 3 heterocycles. The average Bonchev–Trinajstić information content (AvgIpc) is 3.78. The Morgan fingerprint density at radius 2 is 1.00 bits per heavy atom. The summed E-state index contributed by atoms with van der Waals surface area (Å²) in [5.41, 5.74) is 20.6. The molecule has 3 heteroatoms.